The number of unbranched alkanes of at least 4 members (excludes halogenated alkanes) is 5. The number of hydrogen-bond acceptors (Lipinski definition) is 0. The summed E-state index contributed by atoms with van der Waals surface area (Å²) in [6.45, 7) is 7.11. The zero-order valence-corrected chi connectivity index (χ0v) is 9.73. The van der Waals surface area contributed by atoms with Gasteiger partial charge in [0.25, 0.3) is 0 Å². The Bertz CT molecular complexity index is 135. The summed E-state index contributed by atoms with van der Waals surface area (Å²) in [5, 5.41) is 0. The second kappa shape index (κ2) is 5.02. The molecule has 0 bridgehead atoms. The molecule has 0 nitrogen and oxygen atoms in total. The highest BCUT2D eigenvalue weighted by Crippen LogP contribution is 2.54. The molecular weight excluding hydrogens is 156 g/mol. The summed E-state index contributed by atoms with van der Waals surface area (Å²) < 4.78 is 0. The van der Waals surface area contributed by atoms with E-state index in [2.05, 4.69) is 20.8 Å². The molecule has 1 aliphatic rings. The number of rotatable bonds is 7. The summed E-state index contributed by atoms with van der Waals surface area (Å²) in [6.07, 6.45) is 11.7. The van der Waals surface area contributed by atoms with Crippen molar-refractivity contribution in [3.8, 4) is 0 Å². The third kappa shape index (κ3) is 4.15. The Kier molecular flexibility index (Phi) is 4.28. The lowest BCUT2D eigenvalue weighted by molar-refractivity contribution is 0.497. The van der Waals surface area contributed by atoms with Gasteiger partial charge in [-0.05, 0) is 24.2 Å². The predicted molar refractivity (Wildman–Crippen MR) is 59.9 cm³/mol. The third-order valence-electron chi connectivity index (χ3n) is 3.62. The summed E-state index contributed by atoms with van der Waals surface area (Å²) in [5.74, 6) is 1.07. The van der Waals surface area contributed by atoms with Crippen molar-refractivity contribution in [3.63, 3.8) is 0 Å². The molecular formula is C13H26. The minimum Gasteiger partial charge on any atom is -0.0654 e. The molecule has 0 amide bonds. The van der Waals surface area contributed by atoms with Crippen LogP contribution in [0.2, 0.25) is 0 Å². The average Bonchev–Trinajstić information content (AvgIpc) is 2.67. The van der Waals surface area contributed by atoms with Crippen LogP contribution in [-0.4, -0.2) is 0 Å². The number of hydrogen-bond donors (Lipinski definition) is 0. The lowest BCUT2D eigenvalue weighted by Gasteiger charge is -2.03. The standard InChI is InChI=1S/C13H26/c1-4-5-6-7-8-9-10-12-11-13(12,2)3/h12H,4-11H2,1-3H3. The Balaban J connectivity index is 1.80. The molecule has 0 aromatic carbocycles. The Morgan fingerprint density at radius 1 is 1.00 bits per heavy atom. The molecule has 13 heavy (non-hydrogen) atoms. The molecule has 1 atom stereocenters. The topological polar surface area (TPSA) is 0 Å². The van der Waals surface area contributed by atoms with E-state index < -0.39 is 0 Å². The van der Waals surface area contributed by atoms with Crippen molar-refractivity contribution < 1.29 is 0 Å². The van der Waals surface area contributed by atoms with Gasteiger partial charge in [0.2, 0.25) is 0 Å². The van der Waals surface area contributed by atoms with Crippen LogP contribution in [0.15, 0.2) is 0 Å². The Morgan fingerprint density at radius 2 is 1.54 bits per heavy atom. The molecule has 1 fully saturated rings. The van der Waals surface area contributed by atoms with Crippen LogP contribution in [0.25, 0.3) is 0 Å². The van der Waals surface area contributed by atoms with E-state index in [-0.39, 0.29) is 0 Å². The van der Waals surface area contributed by atoms with Crippen molar-refractivity contribution in [2.45, 2.75) is 72.1 Å². The SMILES string of the molecule is CCCCCCCCC1CC1(C)C. The van der Waals surface area contributed by atoms with Gasteiger partial charge in [-0.1, -0.05) is 59.3 Å². The second-order valence-electron chi connectivity index (χ2n) is 5.45. The quantitative estimate of drug-likeness (QED) is 0.497. The van der Waals surface area contributed by atoms with Gasteiger partial charge in [-0.2, -0.15) is 0 Å². The molecule has 0 aromatic heterocycles. The van der Waals surface area contributed by atoms with Crippen molar-refractivity contribution >= 4 is 0 Å². The van der Waals surface area contributed by atoms with E-state index in [9.17, 15) is 0 Å². The van der Waals surface area contributed by atoms with Gasteiger partial charge in [0.1, 0.15) is 0 Å². The minimum atomic E-state index is 0.712. The molecule has 0 heteroatoms. The van der Waals surface area contributed by atoms with Gasteiger partial charge < -0.3 is 0 Å². The Labute approximate surface area is 84.1 Å². The molecule has 0 aliphatic heterocycles. The molecule has 1 unspecified atom stereocenters. The Hall–Kier alpha value is 0. The highest BCUT2D eigenvalue weighted by atomic mass is 14.5. The lowest BCUT2D eigenvalue weighted by Crippen LogP contribution is -1.90. The molecule has 0 heterocycles. The van der Waals surface area contributed by atoms with Crippen LogP contribution in [0.5, 0.6) is 0 Å². The van der Waals surface area contributed by atoms with Gasteiger partial charge >= 0.3 is 0 Å². The first-order chi connectivity index (χ1) is 6.17. The van der Waals surface area contributed by atoms with E-state index in [1.807, 2.05) is 0 Å². The highest BCUT2D eigenvalue weighted by Gasteiger charge is 2.44. The van der Waals surface area contributed by atoms with Gasteiger partial charge in [-0.25, -0.2) is 0 Å². The van der Waals surface area contributed by atoms with E-state index >= 15 is 0 Å². The van der Waals surface area contributed by atoms with Crippen LogP contribution in [0.3, 0.4) is 0 Å². The molecule has 0 saturated heterocycles. The van der Waals surface area contributed by atoms with Crippen LogP contribution >= 0.6 is 0 Å². The largest absolute Gasteiger partial charge is 0.0654 e. The smallest absolute Gasteiger partial charge is 0.0323 e. The van der Waals surface area contributed by atoms with E-state index in [1.54, 1.807) is 0 Å². The van der Waals surface area contributed by atoms with Crippen molar-refractivity contribution in [1.29, 1.82) is 0 Å². The summed E-state index contributed by atoms with van der Waals surface area (Å²) >= 11 is 0. The van der Waals surface area contributed by atoms with E-state index in [0.717, 1.165) is 5.92 Å². The van der Waals surface area contributed by atoms with Crippen LogP contribution in [0, 0.1) is 11.3 Å². The van der Waals surface area contributed by atoms with Crippen LogP contribution in [0.1, 0.15) is 72.1 Å². The van der Waals surface area contributed by atoms with Gasteiger partial charge in [-0.3, -0.25) is 0 Å². The second-order valence-corrected chi connectivity index (χ2v) is 5.45. The first kappa shape index (κ1) is 11.1. The summed E-state index contributed by atoms with van der Waals surface area (Å²) in [6, 6.07) is 0. The summed E-state index contributed by atoms with van der Waals surface area (Å²) in [7, 11) is 0. The normalized spacial score (nSPS) is 24.7. The van der Waals surface area contributed by atoms with Gasteiger partial charge in [0, 0.05) is 0 Å². The fraction of sp³-hybridized carbons (Fsp3) is 1.00. The molecule has 1 aliphatic carbocycles. The molecule has 1 saturated carbocycles. The molecule has 0 spiro atoms. The lowest BCUT2D eigenvalue weighted by atomic mass is 10.0. The molecule has 0 radical (unpaired) electrons. The van der Waals surface area contributed by atoms with Gasteiger partial charge in [0.15, 0.2) is 0 Å². The fourth-order valence-electron chi connectivity index (χ4n) is 2.24. The average molecular weight is 182 g/mol. The first-order valence-corrected chi connectivity index (χ1v) is 6.17. The molecule has 0 N–H and O–H groups in total. The van der Waals surface area contributed by atoms with E-state index in [1.165, 1.54) is 51.4 Å². The summed E-state index contributed by atoms with van der Waals surface area (Å²) in [4.78, 5) is 0. The first-order valence-electron chi connectivity index (χ1n) is 6.17. The summed E-state index contributed by atoms with van der Waals surface area (Å²) in [5.41, 5.74) is 0.712. The van der Waals surface area contributed by atoms with Crippen molar-refractivity contribution in [1.82, 2.24) is 0 Å². The van der Waals surface area contributed by atoms with Crippen molar-refractivity contribution in [2.75, 3.05) is 0 Å². The molecule has 0 aromatic rings. The maximum atomic E-state index is 2.41. The van der Waals surface area contributed by atoms with E-state index in [0.29, 0.717) is 5.41 Å². The zero-order valence-electron chi connectivity index (χ0n) is 9.73. The van der Waals surface area contributed by atoms with Gasteiger partial charge in [-0.15, -0.1) is 0 Å². The van der Waals surface area contributed by atoms with Crippen LogP contribution in [0.4, 0.5) is 0 Å². The molecule has 78 valence electrons. The highest BCUT2D eigenvalue weighted by molar-refractivity contribution is 4.94. The minimum absolute atomic E-state index is 0.712. The zero-order chi connectivity index (χ0) is 9.73. The van der Waals surface area contributed by atoms with E-state index in [4.69, 9.17) is 0 Å². The predicted octanol–water partition coefficient (Wildman–Crippen LogP) is 4.78. The van der Waals surface area contributed by atoms with Crippen LogP contribution < -0.4 is 0 Å². The Morgan fingerprint density at radius 3 is 2.08 bits per heavy atom. The van der Waals surface area contributed by atoms with Crippen molar-refractivity contribution in [2.24, 2.45) is 11.3 Å². The maximum Gasteiger partial charge on any atom is -0.0323 e. The van der Waals surface area contributed by atoms with Gasteiger partial charge in [0.05, 0.1) is 0 Å². The van der Waals surface area contributed by atoms with Crippen LogP contribution in [-0.2, 0) is 0 Å². The fourth-order valence-corrected chi connectivity index (χ4v) is 2.24. The third-order valence-corrected chi connectivity index (χ3v) is 3.62. The molecule has 1 rings (SSSR count). The van der Waals surface area contributed by atoms with Crippen molar-refractivity contribution in [3.05, 3.63) is 0 Å². The monoisotopic (exact) mass is 182 g/mol. The maximum absolute atomic E-state index is 2.41.